The van der Waals surface area contributed by atoms with Crippen molar-refractivity contribution in [3.05, 3.63) is 24.2 Å². The summed E-state index contributed by atoms with van der Waals surface area (Å²) >= 11 is 0. The van der Waals surface area contributed by atoms with Gasteiger partial charge in [-0.05, 0) is 19.1 Å². The summed E-state index contributed by atoms with van der Waals surface area (Å²) < 4.78 is 15.3. The van der Waals surface area contributed by atoms with Crippen LogP contribution in [0.15, 0.2) is 22.8 Å². The Labute approximate surface area is 89.8 Å². The number of aliphatic hydroxyl groups is 1. The van der Waals surface area contributed by atoms with Gasteiger partial charge in [-0.15, -0.1) is 0 Å². The molecule has 1 heterocycles. The highest BCUT2D eigenvalue weighted by atomic mass is 16.7. The first kappa shape index (κ1) is 12.2. The van der Waals surface area contributed by atoms with Gasteiger partial charge in [0.2, 0.25) is 0 Å². The van der Waals surface area contributed by atoms with Crippen molar-refractivity contribution in [2.24, 2.45) is 0 Å². The van der Waals surface area contributed by atoms with Crippen LogP contribution in [0.25, 0.3) is 0 Å². The summed E-state index contributed by atoms with van der Waals surface area (Å²) in [7, 11) is 3.11. The van der Waals surface area contributed by atoms with E-state index in [4.69, 9.17) is 13.9 Å². The second-order valence-electron chi connectivity index (χ2n) is 3.86. The molecule has 0 aromatic carbocycles. The van der Waals surface area contributed by atoms with Gasteiger partial charge in [-0.1, -0.05) is 0 Å². The Hall–Kier alpha value is -0.840. The van der Waals surface area contributed by atoms with Gasteiger partial charge in [0.05, 0.1) is 11.9 Å². The minimum Gasteiger partial charge on any atom is -0.469 e. The molecule has 15 heavy (non-hydrogen) atoms. The second-order valence-corrected chi connectivity index (χ2v) is 3.86. The van der Waals surface area contributed by atoms with Crippen LogP contribution in [0.1, 0.15) is 19.1 Å². The SMILES string of the molecule is COC(CC(C)(O)Cc1ccco1)OC. The number of methoxy groups -OCH3 is 2. The van der Waals surface area contributed by atoms with Crippen molar-refractivity contribution in [1.29, 1.82) is 0 Å². The summed E-state index contributed by atoms with van der Waals surface area (Å²) in [5.41, 5.74) is -0.894. The van der Waals surface area contributed by atoms with E-state index in [-0.39, 0.29) is 0 Å². The number of rotatable bonds is 6. The molecule has 0 amide bonds. The summed E-state index contributed by atoms with van der Waals surface area (Å²) in [6.07, 6.45) is 2.05. The third-order valence-corrected chi connectivity index (χ3v) is 2.27. The average Bonchev–Trinajstić information content (AvgIpc) is 2.66. The molecule has 4 heteroatoms. The number of furan rings is 1. The Balaban J connectivity index is 2.51. The first-order chi connectivity index (χ1) is 7.07. The third-order valence-electron chi connectivity index (χ3n) is 2.27. The molecule has 1 rings (SSSR count). The lowest BCUT2D eigenvalue weighted by Gasteiger charge is -2.26. The molecule has 86 valence electrons. The second kappa shape index (κ2) is 5.30. The van der Waals surface area contributed by atoms with Crippen molar-refractivity contribution >= 4 is 0 Å². The van der Waals surface area contributed by atoms with E-state index in [0.29, 0.717) is 12.8 Å². The quantitative estimate of drug-likeness (QED) is 0.730. The Kier molecular flexibility index (Phi) is 4.32. The monoisotopic (exact) mass is 214 g/mol. The van der Waals surface area contributed by atoms with Crippen LogP contribution >= 0.6 is 0 Å². The molecule has 0 fully saturated rings. The molecule has 0 aliphatic rings. The maximum absolute atomic E-state index is 10.1. The van der Waals surface area contributed by atoms with Crippen LogP contribution in [0.2, 0.25) is 0 Å². The van der Waals surface area contributed by atoms with Crippen LogP contribution in [0.4, 0.5) is 0 Å². The summed E-state index contributed by atoms with van der Waals surface area (Å²) in [4.78, 5) is 0. The van der Waals surface area contributed by atoms with Gasteiger partial charge in [0.1, 0.15) is 5.76 Å². The zero-order chi connectivity index (χ0) is 11.3. The highest BCUT2D eigenvalue weighted by Crippen LogP contribution is 2.20. The minimum atomic E-state index is -0.894. The van der Waals surface area contributed by atoms with Crippen molar-refractivity contribution in [2.75, 3.05) is 14.2 Å². The van der Waals surface area contributed by atoms with Crippen LogP contribution in [-0.4, -0.2) is 31.2 Å². The zero-order valence-corrected chi connectivity index (χ0v) is 9.40. The molecule has 0 radical (unpaired) electrons. The van der Waals surface area contributed by atoms with E-state index in [0.717, 1.165) is 5.76 Å². The summed E-state index contributed by atoms with van der Waals surface area (Å²) in [5, 5.41) is 10.1. The summed E-state index contributed by atoms with van der Waals surface area (Å²) in [6.45, 7) is 1.74. The Morgan fingerprint density at radius 3 is 2.60 bits per heavy atom. The fraction of sp³-hybridized carbons (Fsp3) is 0.636. The van der Waals surface area contributed by atoms with E-state index >= 15 is 0 Å². The van der Waals surface area contributed by atoms with Crippen molar-refractivity contribution in [3.8, 4) is 0 Å². The molecule has 0 saturated carbocycles. The molecule has 0 saturated heterocycles. The van der Waals surface area contributed by atoms with Gasteiger partial charge in [-0.2, -0.15) is 0 Å². The molecule has 0 aliphatic heterocycles. The Morgan fingerprint density at radius 2 is 2.13 bits per heavy atom. The van der Waals surface area contributed by atoms with Crippen LogP contribution in [0.5, 0.6) is 0 Å². The maximum Gasteiger partial charge on any atom is 0.159 e. The van der Waals surface area contributed by atoms with Gasteiger partial charge in [0, 0.05) is 27.1 Å². The highest BCUT2D eigenvalue weighted by Gasteiger charge is 2.26. The molecule has 1 aromatic rings. The van der Waals surface area contributed by atoms with Crippen molar-refractivity contribution < 1.29 is 19.0 Å². The normalized spacial score (nSPS) is 15.5. The molecular weight excluding hydrogens is 196 g/mol. The molecule has 1 N–H and O–H groups in total. The molecule has 0 spiro atoms. The molecule has 0 bridgehead atoms. The molecule has 4 nitrogen and oxygen atoms in total. The van der Waals surface area contributed by atoms with Crippen LogP contribution in [-0.2, 0) is 15.9 Å². The summed E-state index contributed by atoms with van der Waals surface area (Å²) in [5.74, 6) is 0.756. The number of ether oxygens (including phenoxy) is 2. The van der Waals surface area contributed by atoms with Gasteiger partial charge < -0.3 is 19.0 Å². The Bertz CT molecular complexity index is 262. The van der Waals surface area contributed by atoms with E-state index in [1.807, 2.05) is 6.07 Å². The predicted octanol–water partition coefficient (Wildman–Crippen LogP) is 1.58. The van der Waals surface area contributed by atoms with E-state index < -0.39 is 11.9 Å². The lowest BCUT2D eigenvalue weighted by molar-refractivity contribution is -0.140. The zero-order valence-electron chi connectivity index (χ0n) is 9.40. The number of hydrogen-bond acceptors (Lipinski definition) is 4. The van der Waals surface area contributed by atoms with Gasteiger partial charge >= 0.3 is 0 Å². The van der Waals surface area contributed by atoms with Crippen LogP contribution < -0.4 is 0 Å². The van der Waals surface area contributed by atoms with Crippen molar-refractivity contribution in [1.82, 2.24) is 0 Å². The van der Waals surface area contributed by atoms with E-state index in [1.54, 1.807) is 33.5 Å². The third kappa shape index (κ3) is 4.03. The van der Waals surface area contributed by atoms with Gasteiger partial charge in [0.25, 0.3) is 0 Å². The summed E-state index contributed by atoms with van der Waals surface area (Å²) in [6, 6.07) is 3.64. The Morgan fingerprint density at radius 1 is 1.47 bits per heavy atom. The molecule has 0 aliphatic carbocycles. The lowest BCUT2D eigenvalue weighted by atomic mass is 9.96. The van der Waals surface area contributed by atoms with E-state index in [2.05, 4.69) is 0 Å². The van der Waals surface area contributed by atoms with Gasteiger partial charge in [-0.25, -0.2) is 0 Å². The van der Waals surface area contributed by atoms with Crippen molar-refractivity contribution in [3.63, 3.8) is 0 Å². The number of hydrogen-bond donors (Lipinski definition) is 1. The topological polar surface area (TPSA) is 51.8 Å². The largest absolute Gasteiger partial charge is 0.469 e. The van der Waals surface area contributed by atoms with Crippen LogP contribution in [0.3, 0.4) is 0 Å². The van der Waals surface area contributed by atoms with Gasteiger partial charge in [-0.3, -0.25) is 0 Å². The first-order valence-corrected chi connectivity index (χ1v) is 4.88. The fourth-order valence-electron chi connectivity index (χ4n) is 1.48. The molecule has 1 unspecified atom stereocenters. The maximum atomic E-state index is 10.1. The van der Waals surface area contributed by atoms with Gasteiger partial charge in [0.15, 0.2) is 6.29 Å². The minimum absolute atomic E-state index is 0.394. The average molecular weight is 214 g/mol. The predicted molar refractivity (Wildman–Crippen MR) is 55.5 cm³/mol. The van der Waals surface area contributed by atoms with E-state index in [9.17, 15) is 5.11 Å². The highest BCUT2D eigenvalue weighted by molar-refractivity contribution is 5.02. The van der Waals surface area contributed by atoms with E-state index in [1.165, 1.54) is 0 Å². The van der Waals surface area contributed by atoms with Crippen LogP contribution in [0, 0.1) is 0 Å². The molecule has 1 aromatic heterocycles. The fourth-order valence-corrected chi connectivity index (χ4v) is 1.48. The molecular formula is C11H18O4. The standard InChI is InChI=1S/C11H18O4/c1-11(12,8-10(13-2)14-3)7-9-5-4-6-15-9/h4-6,10,12H,7-8H2,1-3H3. The smallest absolute Gasteiger partial charge is 0.159 e. The lowest BCUT2D eigenvalue weighted by Crippen LogP contribution is -2.33. The molecule has 1 atom stereocenters. The van der Waals surface area contributed by atoms with Crippen molar-refractivity contribution in [2.45, 2.75) is 31.7 Å². The first-order valence-electron chi connectivity index (χ1n) is 4.88.